The van der Waals surface area contributed by atoms with Gasteiger partial charge in [0.1, 0.15) is 12.2 Å². The predicted molar refractivity (Wildman–Crippen MR) is 59.7 cm³/mol. The molecule has 0 amide bonds. The fraction of sp³-hybridized carbons (Fsp3) is 0.417. The topological polar surface area (TPSA) is 73.8 Å². The molecular weight excluding hydrogens is 222 g/mol. The van der Waals surface area contributed by atoms with Crippen LogP contribution in [0.2, 0.25) is 0 Å². The van der Waals surface area contributed by atoms with E-state index in [0.717, 1.165) is 5.56 Å². The maximum atomic E-state index is 9.84. The Morgan fingerprint density at radius 1 is 1.41 bits per heavy atom. The zero-order valence-corrected chi connectivity index (χ0v) is 9.31. The van der Waals surface area contributed by atoms with Crippen LogP contribution in [0, 0.1) is 0 Å². The van der Waals surface area contributed by atoms with E-state index in [4.69, 9.17) is 9.84 Å². The van der Waals surface area contributed by atoms with E-state index in [-0.39, 0.29) is 6.61 Å². The normalized spacial score (nSPS) is 32.6. The van der Waals surface area contributed by atoms with Crippen molar-refractivity contribution < 1.29 is 24.6 Å². The molecule has 2 rings (SSSR count). The van der Waals surface area contributed by atoms with Gasteiger partial charge in [0.25, 0.3) is 6.23 Å². The van der Waals surface area contributed by atoms with E-state index >= 15 is 0 Å². The number of aromatic nitrogens is 1. The van der Waals surface area contributed by atoms with Crippen molar-refractivity contribution in [1.29, 1.82) is 0 Å². The van der Waals surface area contributed by atoms with Crippen LogP contribution in [0.1, 0.15) is 11.8 Å². The second-order valence-electron chi connectivity index (χ2n) is 4.02. The Morgan fingerprint density at radius 3 is 2.76 bits per heavy atom. The van der Waals surface area contributed by atoms with Crippen LogP contribution in [-0.4, -0.2) is 40.2 Å². The van der Waals surface area contributed by atoms with Gasteiger partial charge in [-0.1, -0.05) is 12.7 Å². The summed E-state index contributed by atoms with van der Waals surface area (Å²) in [7, 11) is 0. The number of hydrogen-bond donors (Lipinski definition) is 3. The molecule has 0 aliphatic carbocycles. The summed E-state index contributed by atoms with van der Waals surface area (Å²) in [4.78, 5) is 0. The summed E-state index contributed by atoms with van der Waals surface area (Å²) in [6.45, 7) is 3.33. The molecule has 3 N–H and O–H groups in total. The lowest BCUT2D eigenvalue weighted by Crippen LogP contribution is -2.45. The van der Waals surface area contributed by atoms with Gasteiger partial charge in [-0.05, 0) is 6.07 Å². The molecule has 1 saturated heterocycles. The molecule has 0 aromatic carbocycles. The first kappa shape index (κ1) is 12.2. The molecule has 0 spiro atoms. The van der Waals surface area contributed by atoms with Crippen molar-refractivity contribution in [2.75, 3.05) is 6.61 Å². The molecule has 1 aromatic rings. The summed E-state index contributed by atoms with van der Waals surface area (Å²) in [5.41, 5.74) is 0.880. The van der Waals surface area contributed by atoms with E-state index in [0.29, 0.717) is 0 Å². The Bertz CT molecular complexity index is 409. The van der Waals surface area contributed by atoms with Gasteiger partial charge in [0.05, 0.1) is 6.61 Å². The number of nitrogens with zero attached hydrogens (tertiary/aromatic N) is 1. The first-order chi connectivity index (χ1) is 8.17. The largest absolute Gasteiger partial charge is 0.394 e. The van der Waals surface area contributed by atoms with Crippen molar-refractivity contribution in [2.45, 2.75) is 24.5 Å². The quantitative estimate of drug-likeness (QED) is 0.604. The Kier molecular flexibility index (Phi) is 3.54. The monoisotopic (exact) mass is 238 g/mol. The summed E-state index contributed by atoms with van der Waals surface area (Å²) in [6.07, 6.45) is 1.58. The van der Waals surface area contributed by atoms with E-state index in [1.54, 1.807) is 29.1 Å². The molecule has 0 radical (unpaired) electrons. The third kappa shape index (κ3) is 2.23. The third-order valence-electron chi connectivity index (χ3n) is 2.89. The molecule has 5 heteroatoms. The zero-order valence-electron chi connectivity index (χ0n) is 9.31. The Morgan fingerprint density at radius 2 is 2.18 bits per heavy atom. The standard InChI is InChI=1S/C12H16NO4/c1-2-8-4-3-5-13(6-8)12-11(16)10(15)9(7-14)17-12/h2-6,9-12,14-16H,1,7H2/q+1/t9?,10-,11?,12-/m1/s1. The second-order valence-corrected chi connectivity index (χ2v) is 4.02. The van der Waals surface area contributed by atoms with Crippen molar-refractivity contribution in [2.24, 2.45) is 0 Å². The van der Waals surface area contributed by atoms with Gasteiger partial charge in [0.2, 0.25) is 0 Å². The summed E-state index contributed by atoms with van der Waals surface area (Å²) < 4.78 is 7.05. The molecular formula is C12H16NO4+. The van der Waals surface area contributed by atoms with Crippen molar-refractivity contribution in [1.82, 2.24) is 0 Å². The Labute approximate surface area is 99.2 Å². The highest BCUT2D eigenvalue weighted by molar-refractivity contribution is 5.43. The van der Waals surface area contributed by atoms with E-state index in [1.165, 1.54) is 0 Å². The molecule has 2 heterocycles. The van der Waals surface area contributed by atoms with Crippen molar-refractivity contribution in [3.8, 4) is 0 Å². The minimum absolute atomic E-state index is 0.323. The summed E-state index contributed by atoms with van der Waals surface area (Å²) in [6, 6.07) is 3.66. The van der Waals surface area contributed by atoms with Crippen molar-refractivity contribution in [3.63, 3.8) is 0 Å². The van der Waals surface area contributed by atoms with Crippen LogP contribution in [-0.2, 0) is 4.74 Å². The van der Waals surface area contributed by atoms with Gasteiger partial charge < -0.3 is 20.1 Å². The van der Waals surface area contributed by atoms with Crippen LogP contribution >= 0.6 is 0 Å². The van der Waals surface area contributed by atoms with Crippen LogP contribution in [0.15, 0.2) is 31.1 Å². The number of rotatable bonds is 3. The van der Waals surface area contributed by atoms with E-state index in [2.05, 4.69) is 6.58 Å². The van der Waals surface area contributed by atoms with E-state index in [1.807, 2.05) is 6.07 Å². The van der Waals surface area contributed by atoms with Crippen LogP contribution < -0.4 is 4.57 Å². The molecule has 1 fully saturated rings. The smallest absolute Gasteiger partial charge is 0.292 e. The summed E-state index contributed by atoms with van der Waals surface area (Å²) >= 11 is 0. The fourth-order valence-corrected chi connectivity index (χ4v) is 1.92. The molecule has 17 heavy (non-hydrogen) atoms. The lowest BCUT2D eigenvalue weighted by molar-refractivity contribution is -0.765. The average Bonchev–Trinajstić information content (AvgIpc) is 2.66. The van der Waals surface area contributed by atoms with Crippen molar-refractivity contribution in [3.05, 3.63) is 36.7 Å². The SMILES string of the molecule is C=Cc1ccc[n+]([C@@H]2OC(CO)[C@@H](O)C2O)c1. The third-order valence-corrected chi connectivity index (χ3v) is 2.89. The maximum absolute atomic E-state index is 9.84. The first-order valence-electron chi connectivity index (χ1n) is 5.43. The highest BCUT2D eigenvalue weighted by Crippen LogP contribution is 2.25. The van der Waals surface area contributed by atoms with E-state index < -0.39 is 24.5 Å². The van der Waals surface area contributed by atoms with Crippen molar-refractivity contribution >= 4 is 6.08 Å². The Hall–Kier alpha value is -1.27. The average molecular weight is 238 g/mol. The van der Waals surface area contributed by atoms with Gasteiger partial charge in [0, 0.05) is 11.6 Å². The van der Waals surface area contributed by atoms with Gasteiger partial charge in [-0.2, -0.15) is 4.57 Å². The molecule has 1 aliphatic rings. The molecule has 0 bridgehead atoms. The van der Waals surface area contributed by atoms with Crippen LogP contribution in [0.3, 0.4) is 0 Å². The number of hydrogen-bond acceptors (Lipinski definition) is 4. The number of pyridine rings is 1. The lowest BCUT2D eigenvalue weighted by atomic mass is 10.1. The number of ether oxygens (including phenoxy) is 1. The highest BCUT2D eigenvalue weighted by atomic mass is 16.6. The maximum Gasteiger partial charge on any atom is 0.292 e. The number of aliphatic hydroxyl groups is 3. The second kappa shape index (κ2) is 4.93. The molecule has 1 aliphatic heterocycles. The van der Waals surface area contributed by atoms with Gasteiger partial charge in [-0.15, -0.1) is 0 Å². The van der Waals surface area contributed by atoms with Gasteiger partial charge in [-0.3, -0.25) is 0 Å². The summed E-state index contributed by atoms with van der Waals surface area (Å²) in [5.74, 6) is 0. The Balaban J connectivity index is 2.25. The van der Waals surface area contributed by atoms with Crippen LogP contribution in [0.5, 0.6) is 0 Å². The molecule has 1 aromatic heterocycles. The molecule has 0 saturated carbocycles. The fourth-order valence-electron chi connectivity index (χ4n) is 1.92. The predicted octanol–water partition coefficient (Wildman–Crippen LogP) is -0.771. The minimum atomic E-state index is -1.08. The first-order valence-corrected chi connectivity index (χ1v) is 5.43. The summed E-state index contributed by atoms with van der Waals surface area (Å²) in [5, 5.41) is 28.5. The van der Waals surface area contributed by atoms with Crippen LogP contribution in [0.25, 0.3) is 6.08 Å². The number of aliphatic hydroxyl groups excluding tert-OH is 3. The zero-order chi connectivity index (χ0) is 12.4. The highest BCUT2D eigenvalue weighted by Gasteiger charge is 2.47. The van der Waals surface area contributed by atoms with Crippen LogP contribution in [0.4, 0.5) is 0 Å². The van der Waals surface area contributed by atoms with Gasteiger partial charge in [-0.25, -0.2) is 0 Å². The van der Waals surface area contributed by atoms with Gasteiger partial charge >= 0.3 is 0 Å². The molecule has 92 valence electrons. The molecule has 4 atom stereocenters. The van der Waals surface area contributed by atoms with E-state index in [9.17, 15) is 10.2 Å². The van der Waals surface area contributed by atoms with Gasteiger partial charge in [0.15, 0.2) is 18.5 Å². The molecule has 2 unspecified atom stereocenters. The molecule has 5 nitrogen and oxygen atoms in total. The lowest BCUT2D eigenvalue weighted by Gasteiger charge is -2.09. The minimum Gasteiger partial charge on any atom is -0.394 e.